The van der Waals surface area contributed by atoms with E-state index in [-0.39, 0.29) is 18.1 Å². The molecule has 0 saturated heterocycles. The number of halogens is 2. The Morgan fingerprint density at radius 3 is 2.74 bits per heavy atom. The number of hydrogen-bond acceptors (Lipinski definition) is 1. The molecule has 96 valence electrons. The molecule has 0 radical (unpaired) electrons. The normalized spacial score (nSPS) is 16.6. The third-order valence-electron chi connectivity index (χ3n) is 3.66. The van der Waals surface area contributed by atoms with Crippen LogP contribution >= 0.6 is 11.6 Å². The SMILES string of the molecule is O=C(Cc1c(F)cccc1Cl)C1Cc2ccccc21. The van der Waals surface area contributed by atoms with Crippen LogP contribution in [0, 0.1) is 5.82 Å². The van der Waals surface area contributed by atoms with E-state index in [0.717, 1.165) is 12.0 Å². The van der Waals surface area contributed by atoms with Gasteiger partial charge in [-0.2, -0.15) is 0 Å². The number of rotatable bonds is 3. The molecule has 1 atom stereocenters. The van der Waals surface area contributed by atoms with Crippen molar-refractivity contribution in [1.82, 2.24) is 0 Å². The number of fused-ring (bicyclic) bond motifs is 1. The van der Waals surface area contributed by atoms with Gasteiger partial charge in [-0.05, 0) is 29.7 Å². The fourth-order valence-corrected chi connectivity index (χ4v) is 2.77. The van der Waals surface area contributed by atoms with Gasteiger partial charge in [-0.25, -0.2) is 4.39 Å². The minimum atomic E-state index is -0.409. The number of benzene rings is 2. The van der Waals surface area contributed by atoms with Crippen molar-refractivity contribution in [2.45, 2.75) is 18.8 Å². The van der Waals surface area contributed by atoms with Crippen molar-refractivity contribution in [2.24, 2.45) is 0 Å². The van der Waals surface area contributed by atoms with Crippen LogP contribution in [0.25, 0.3) is 0 Å². The lowest BCUT2D eigenvalue weighted by atomic mass is 9.74. The Morgan fingerprint density at radius 1 is 1.21 bits per heavy atom. The highest BCUT2D eigenvalue weighted by molar-refractivity contribution is 6.31. The summed E-state index contributed by atoms with van der Waals surface area (Å²) in [5.74, 6) is -0.481. The second-order valence-corrected chi connectivity index (χ2v) is 5.21. The van der Waals surface area contributed by atoms with Gasteiger partial charge in [-0.1, -0.05) is 41.9 Å². The van der Waals surface area contributed by atoms with E-state index in [9.17, 15) is 9.18 Å². The van der Waals surface area contributed by atoms with Crippen LogP contribution in [-0.4, -0.2) is 5.78 Å². The molecule has 3 heteroatoms. The van der Waals surface area contributed by atoms with E-state index in [1.807, 2.05) is 24.3 Å². The predicted octanol–water partition coefficient (Wildman–Crippen LogP) is 3.93. The first kappa shape index (κ1) is 12.4. The van der Waals surface area contributed by atoms with Gasteiger partial charge in [0.15, 0.2) is 0 Å². The molecule has 3 rings (SSSR count). The number of Topliss-reactive ketones (excluding diaryl/α,β-unsaturated/α-hetero) is 1. The second-order valence-electron chi connectivity index (χ2n) is 4.80. The maximum atomic E-state index is 13.7. The Bertz CT molecular complexity index is 631. The molecule has 0 saturated carbocycles. The highest BCUT2D eigenvalue weighted by atomic mass is 35.5. The fourth-order valence-electron chi connectivity index (χ4n) is 2.54. The average Bonchev–Trinajstić information content (AvgIpc) is 2.35. The highest BCUT2D eigenvalue weighted by Gasteiger charge is 2.31. The third kappa shape index (κ3) is 2.17. The van der Waals surface area contributed by atoms with Gasteiger partial charge in [0, 0.05) is 22.9 Å². The van der Waals surface area contributed by atoms with Gasteiger partial charge in [0.05, 0.1) is 0 Å². The Hall–Kier alpha value is -1.67. The van der Waals surface area contributed by atoms with Crippen molar-refractivity contribution >= 4 is 17.4 Å². The molecule has 0 spiro atoms. The van der Waals surface area contributed by atoms with Crippen LogP contribution in [0.1, 0.15) is 22.6 Å². The number of carbonyl (C=O) groups excluding carboxylic acids is 1. The average molecular weight is 275 g/mol. The van der Waals surface area contributed by atoms with Crippen molar-refractivity contribution in [3.63, 3.8) is 0 Å². The van der Waals surface area contributed by atoms with E-state index < -0.39 is 5.82 Å². The lowest BCUT2D eigenvalue weighted by Crippen LogP contribution is -2.26. The molecule has 0 amide bonds. The summed E-state index contributed by atoms with van der Waals surface area (Å²) in [7, 11) is 0. The quantitative estimate of drug-likeness (QED) is 0.829. The molecule has 2 aromatic carbocycles. The Kier molecular flexibility index (Phi) is 3.11. The summed E-state index contributed by atoms with van der Waals surface area (Å²) in [6.07, 6.45) is 0.811. The smallest absolute Gasteiger partial charge is 0.145 e. The van der Waals surface area contributed by atoms with Gasteiger partial charge >= 0.3 is 0 Å². The molecule has 1 aliphatic rings. The second kappa shape index (κ2) is 4.78. The van der Waals surface area contributed by atoms with Crippen LogP contribution in [0.3, 0.4) is 0 Å². The van der Waals surface area contributed by atoms with Gasteiger partial charge in [0.1, 0.15) is 11.6 Å². The molecule has 1 aliphatic carbocycles. The predicted molar refractivity (Wildman–Crippen MR) is 73.0 cm³/mol. The van der Waals surface area contributed by atoms with Crippen molar-refractivity contribution in [3.05, 3.63) is 70.0 Å². The molecule has 0 heterocycles. The molecule has 1 nitrogen and oxygen atoms in total. The van der Waals surface area contributed by atoms with E-state index in [0.29, 0.717) is 10.6 Å². The lowest BCUT2D eigenvalue weighted by Gasteiger charge is -2.28. The standard InChI is InChI=1S/C16H12ClFO/c17-14-6-3-7-15(18)13(14)9-16(19)12-8-10-4-1-2-5-11(10)12/h1-7,12H,8-9H2. The first-order valence-corrected chi connectivity index (χ1v) is 6.58. The largest absolute Gasteiger partial charge is 0.299 e. The van der Waals surface area contributed by atoms with Crippen LogP contribution in [0.15, 0.2) is 42.5 Å². The molecule has 0 fully saturated rings. The van der Waals surface area contributed by atoms with E-state index in [4.69, 9.17) is 11.6 Å². The van der Waals surface area contributed by atoms with Crippen molar-refractivity contribution in [1.29, 1.82) is 0 Å². The van der Waals surface area contributed by atoms with Crippen LogP contribution in [-0.2, 0) is 17.6 Å². The Labute approximate surface area is 116 Å². The monoisotopic (exact) mass is 274 g/mol. The van der Waals surface area contributed by atoms with Gasteiger partial charge in [-0.15, -0.1) is 0 Å². The summed E-state index contributed by atoms with van der Waals surface area (Å²) in [5.41, 5.74) is 2.58. The number of carbonyl (C=O) groups is 1. The fraction of sp³-hybridized carbons (Fsp3) is 0.188. The van der Waals surface area contributed by atoms with E-state index in [1.54, 1.807) is 12.1 Å². The molecular formula is C16H12ClFO. The Balaban J connectivity index is 1.81. The summed E-state index contributed by atoms with van der Waals surface area (Å²) < 4.78 is 13.7. The number of hydrogen-bond donors (Lipinski definition) is 0. The molecule has 1 unspecified atom stereocenters. The molecule has 2 aromatic rings. The zero-order valence-corrected chi connectivity index (χ0v) is 11.0. The first-order chi connectivity index (χ1) is 9.16. The van der Waals surface area contributed by atoms with E-state index in [1.165, 1.54) is 11.6 Å². The summed E-state index contributed by atoms with van der Waals surface area (Å²) in [6.45, 7) is 0. The molecule has 0 N–H and O–H groups in total. The minimum absolute atomic E-state index is 0.0331. The van der Waals surface area contributed by atoms with Gasteiger partial charge in [-0.3, -0.25) is 4.79 Å². The van der Waals surface area contributed by atoms with Crippen LogP contribution in [0.4, 0.5) is 4.39 Å². The molecule has 0 aliphatic heterocycles. The van der Waals surface area contributed by atoms with E-state index >= 15 is 0 Å². The molecule has 0 bridgehead atoms. The molecule has 19 heavy (non-hydrogen) atoms. The lowest BCUT2D eigenvalue weighted by molar-refractivity contribution is -0.120. The minimum Gasteiger partial charge on any atom is -0.299 e. The van der Waals surface area contributed by atoms with Gasteiger partial charge in [0.25, 0.3) is 0 Å². The summed E-state index contributed by atoms with van der Waals surface area (Å²) in [5, 5.41) is 0.320. The van der Waals surface area contributed by atoms with Crippen molar-refractivity contribution in [3.8, 4) is 0 Å². The number of ketones is 1. The zero-order chi connectivity index (χ0) is 13.4. The van der Waals surface area contributed by atoms with Crippen molar-refractivity contribution < 1.29 is 9.18 Å². The Morgan fingerprint density at radius 2 is 2.00 bits per heavy atom. The highest BCUT2D eigenvalue weighted by Crippen LogP contribution is 2.36. The topological polar surface area (TPSA) is 17.1 Å². The molecule has 0 aromatic heterocycles. The summed E-state index contributed by atoms with van der Waals surface area (Å²) >= 11 is 5.95. The maximum absolute atomic E-state index is 13.7. The van der Waals surface area contributed by atoms with Crippen LogP contribution in [0.5, 0.6) is 0 Å². The summed E-state index contributed by atoms with van der Waals surface area (Å²) in [6, 6.07) is 12.4. The summed E-state index contributed by atoms with van der Waals surface area (Å²) in [4.78, 5) is 12.2. The van der Waals surface area contributed by atoms with Gasteiger partial charge < -0.3 is 0 Å². The van der Waals surface area contributed by atoms with Crippen molar-refractivity contribution in [2.75, 3.05) is 0 Å². The first-order valence-electron chi connectivity index (χ1n) is 6.20. The zero-order valence-electron chi connectivity index (χ0n) is 10.2. The maximum Gasteiger partial charge on any atom is 0.145 e. The van der Waals surface area contributed by atoms with Crippen LogP contribution in [0.2, 0.25) is 5.02 Å². The molecular weight excluding hydrogens is 263 g/mol. The van der Waals surface area contributed by atoms with Crippen LogP contribution < -0.4 is 0 Å². The van der Waals surface area contributed by atoms with E-state index in [2.05, 4.69) is 0 Å². The third-order valence-corrected chi connectivity index (χ3v) is 4.01. The van der Waals surface area contributed by atoms with Gasteiger partial charge in [0.2, 0.25) is 0 Å².